The zero-order valence-electron chi connectivity index (χ0n) is 13.7. The lowest BCUT2D eigenvalue weighted by molar-refractivity contribution is 0.116. The van der Waals surface area contributed by atoms with E-state index in [9.17, 15) is 0 Å². The van der Waals surface area contributed by atoms with Gasteiger partial charge in [-0.05, 0) is 26.2 Å². The van der Waals surface area contributed by atoms with E-state index in [0.29, 0.717) is 6.04 Å². The second-order valence-corrected chi connectivity index (χ2v) is 5.61. The number of rotatable bonds is 5. The highest BCUT2D eigenvalue weighted by molar-refractivity contribution is 14.0. The van der Waals surface area contributed by atoms with Crippen molar-refractivity contribution in [1.82, 2.24) is 20.4 Å². The first kappa shape index (κ1) is 19.2. The maximum Gasteiger partial charge on any atom is 0.191 e. The minimum Gasteiger partial charge on any atom is -0.469 e. The maximum atomic E-state index is 5.32. The molecule has 1 atom stereocenters. The summed E-state index contributed by atoms with van der Waals surface area (Å²) in [6, 6.07) is 4.43. The summed E-state index contributed by atoms with van der Waals surface area (Å²) in [5.41, 5.74) is 0. The minimum absolute atomic E-state index is 0. The van der Waals surface area contributed by atoms with E-state index in [1.165, 1.54) is 0 Å². The highest BCUT2D eigenvalue weighted by Gasteiger charge is 2.21. The van der Waals surface area contributed by atoms with Crippen molar-refractivity contribution in [2.24, 2.45) is 4.99 Å². The van der Waals surface area contributed by atoms with Crippen LogP contribution in [-0.2, 0) is 6.42 Å². The Morgan fingerprint density at radius 1 is 1.36 bits per heavy atom. The van der Waals surface area contributed by atoms with Crippen molar-refractivity contribution in [3.8, 4) is 0 Å². The van der Waals surface area contributed by atoms with Crippen molar-refractivity contribution in [3.05, 3.63) is 24.2 Å². The zero-order chi connectivity index (χ0) is 15.1. The van der Waals surface area contributed by atoms with Gasteiger partial charge in [-0.3, -0.25) is 9.89 Å². The molecular weight excluding hydrogens is 393 g/mol. The summed E-state index contributed by atoms with van der Waals surface area (Å²) in [6.45, 7) is 5.07. The Hall–Kier alpha value is -0.800. The third-order valence-corrected chi connectivity index (χ3v) is 3.95. The first-order valence-corrected chi connectivity index (χ1v) is 7.54. The van der Waals surface area contributed by atoms with Crippen LogP contribution in [-0.4, -0.2) is 75.7 Å². The summed E-state index contributed by atoms with van der Waals surface area (Å²) in [5.74, 6) is 1.84. The second kappa shape index (κ2) is 10.1. The number of likely N-dealkylation sites (N-methyl/N-ethyl adjacent to an activating group) is 2. The van der Waals surface area contributed by atoms with Gasteiger partial charge in [0.25, 0.3) is 0 Å². The third-order valence-electron chi connectivity index (χ3n) is 3.95. The molecule has 2 rings (SSSR count). The van der Waals surface area contributed by atoms with Gasteiger partial charge in [-0.25, -0.2) is 0 Å². The van der Waals surface area contributed by atoms with Gasteiger partial charge >= 0.3 is 0 Å². The van der Waals surface area contributed by atoms with Crippen molar-refractivity contribution in [3.63, 3.8) is 0 Å². The smallest absolute Gasteiger partial charge is 0.191 e. The fraction of sp³-hybridized carbons (Fsp3) is 0.667. The number of nitrogens with zero attached hydrogens (tertiary/aromatic N) is 3. The normalized spacial score (nSPS) is 20.5. The summed E-state index contributed by atoms with van der Waals surface area (Å²) < 4.78 is 5.32. The van der Waals surface area contributed by atoms with Crippen LogP contribution in [0.15, 0.2) is 27.8 Å². The fourth-order valence-corrected chi connectivity index (χ4v) is 2.52. The predicted octanol–water partition coefficient (Wildman–Crippen LogP) is 0.851. The Morgan fingerprint density at radius 2 is 2.18 bits per heavy atom. The van der Waals surface area contributed by atoms with Gasteiger partial charge in [0.15, 0.2) is 5.96 Å². The van der Waals surface area contributed by atoms with Gasteiger partial charge in [0.1, 0.15) is 5.76 Å². The van der Waals surface area contributed by atoms with Crippen LogP contribution < -0.4 is 10.6 Å². The predicted molar refractivity (Wildman–Crippen MR) is 101 cm³/mol. The Kier molecular flexibility index (Phi) is 8.81. The van der Waals surface area contributed by atoms with Gasteiger partial charge in [-0.1, -0.05) is 0 Å². The Balaban J connectivity index is 0.00000242. The zero-order valence-corrected chi connectivity index (χ0v) is 16.0. The largest absolute Gasteiger partial charge is 0.469 e. The minimum atomic E-state index is 0. The number of halogens is 1. The molecule has 0 spiro atoms. The number of hydrogen-bond donors (Lipinski definition) is 2. The highest BCUT2D eigenvalue weighted by atomic mass is 127. The molecular formula is C15H28IN5O. The van der Waals surface area contributed by atoms with Gasteiger partial charge in [0.2, 0.25) is 0 Å². The van der Waals surface area contributed by atoms with E-state index < -0.39 is 0 Å². The van der Waals surface area contributed by atoms with Gasteiger partial charge in [0.05, 0.1) is 6.26 Å². The molecule has 2 heterocycles. The summed E-state index contributed by atoms with van der Waals surface area (Å²) in [6.07, 6.45) is 2.57. The van der Waals surface area contributed by atoms with Crippen molar-refractivity contribution in [2.75, 3.05) is 53.9 Å². The molecule has 0 saturated carbocycles. The van der Waals surface area contributed by atoms with E-state index in [2.05, 4.69) is 39.5 Å². The summed E-state index contributed by atoms with van der Waals surface area (Å²) in [7, 11) is 6.17. The van der Waals surface area contributed by atoms with Crippen molar-refractivity contribution < 1.29 is 4.42 Å². The van der Waals surface area contributed by atoms with Crippen LogP contribution in [0, 0.1) is 0 Å². The number of guanidine groups is 1. The molecule has 1 unspecified atom stereocenters. The number of aliphatic imine (C=N–C) groups is 1. The molecule has 126 valence electrons. The standard InChI is InChI=1S/C15H27N5O.HI/c1-16-15(17-7-6-14-5-4-10-21-14)18-11-13-12-19(2)8-9-20(13)3;/h4-5,10,13H,6-9,11-12H2,1-3H3,(H2,16,17,18);1H. The van der Waals surface area contributed by atoms with Crippen molar-refractivity contribution >= 4 is 29.9 Å². The van der Waals surface area contributed by atoms with Gasteiger partial charge in [0, 0.05) is 52.2 Å². The molecule has 0 aliphatic carbocycles. The van der Waals surface area contributed by atoms with Crippen LogP contribution in [0.2, 0.25) is 0 Å². The van der Waals surface area contributed by atoms with E-state index in [0.717, 1.165) is 50.9 Å². The Labute approximate surface area is 150 Å². The van der Waals surface area contributed by atoms with Gasteiger partial charge in [-0.2, -0.15) is 0 Å². The lowest BCUT2D eigenvalue weighted by Gasteiger charge is -2.37. The molecule has 6 nitrogen and oxygen atoms in total. The molecule has 1 aliphatic heterocycles. The van der Waals surface area contributed by atoms with Gasteiger partial charge < -0.3 is 20.0 Å². The first-order valence-electron chi connectivity index (χ1n) is 7.54. The monoisotopic (exact) mass is 421 g/mol. The van der Waals surface area contributed by atoms with Gasteiger partial charge in [-0.15, -0.1) is 24.0 Å². The van der Waals surface area contributed by atoms with Crippen molar-refractivity contribution in [2.45, 2.75) is 12.5 Å². The molecule has 2 N–H and O–H groups in total. The summed E-state index contributed by atoms with van der Waals surface area (Å²) in [5, 5.41) is 6.73. The lowest BCUT2D eigenvalue weighted by atomic mass is 10.2. The van der Waals surface area contributed by atoms with E-state index in [-0.39, 0.29) is 24.0 Å². The third kappa shape index (κ3) is 6.13. The second-order valence-electron chi connectivity index (χ2n) is 5.61. The summed E-state index contributed by atoms with van der Waals surface area (Å²) in [4.78, 5) is 9.05. The van der Waals surface area contributed by atoms with Crippen molar-refractivity contribution in [1.29, 1.82) is 0 Å². The van der Waals surface area contributed by atoms with Crippen LogP contribution >= 0.6 is 24.0 Å². The quantitative estimate of drug-likeness (QED) is 0.420. The topological polar surface area (TPSA) is 56.0 Å². The number of piperazine rings is 1. The van der Waals surface area contributed by atoms with E-state index >= 15 is 0 Å². The molecule has 1 aliphatic rings. The average molecular weight is 421 g/mol. The van der Waals surface area contributed by atoms with E-state index in [4.69, 9.17) is 4.42 Å². The highest BCUT2D eigenvalue weighted by Crippen LogP contribution is 2.04. The molecule has 7 heteroatoms. The average Bonchev–Trinajstić information content (AvgIpc) is 2.99. The van der Waals surface area contributed by atoms with Crippen LogP contribution in [0.25, 0.3) is 0 Å². The molecule has 1 saturated heterocycles. The molecule has 1 aromatic rings. The summed E-state index contributed by atoms with van der Waals surface area (Å²) >= 11 is 0. The Bertz CT molecular complexity index is 437. The van der Waals surface area contributed by atoms with E-state index in [1.54, 1.807) is 13.3 Å². The van der Waals surface area contributed by atoms with Crippen LogP contribution in [0.5, 0.6) is 0 Å². The van der Waals surface area contributed by atoms with E-state index in [1.807, 2.05) is 12.1 Å². The maximum absolute atomic E-state index is 5.32. The molecule has 22 heavy (non-hydrogen) atoms. The lowest BCUT2D eigenvalue weighted by Crippen LogP contribution is -2.55. The van der Waals surface area contributed by atoms with Crippen LogP contribution in [0.3, 0.4) is 0 Å². The first-order chi connectivity index (χ1) is 10.2. The number of nitrogens with one attached hydrogen (secondary N) is 2. The number of hydrogen-bond acceptors (Lipinski definition) is 4. The molecule has 0 bridgehead atoms. The number of furan rings is 1. The van der Waals surface area contributed by atoms with Crippen LogP contribution in [0.4, 0.5) is 0 Å². The molecule has 0 aromatic carbocycles. The molecule has 1 aromatic heterocycles. The fourth-order valence-electron chi connectivity index (χ4n) is 2.52. The van der Waals surface area contributed by atoms with Crippen LogP contribution in [0.1, 0.15) is 5.76 Å². The Morgan fingerprint density at radius 3 is 2.86 bits per heavy atom. The molecule has 0 radical (unpaired) electrons. The SMILES string of the molecule is CN=C(NCCc1ccco1)NCC1CN(C)CCN1C.I. The molecule has 1 fully saturated rings. The molecule has 0 amide bonds.